The molecule has 2 nitrogen and oxygen atoms in total. The molecule has 0 spiro atoms. The summed E-state index contributed by atoms with van der Waals surface area (Å²) in [5, 5.41) is 0.428. The first kappa shape index (κ1) is 8.34. The molecule has 0 aliphatic carbocycles. The topological polar surface area (TPSA) is 22.1 Å². The van der Waals surface area contributed by atoms with Gasteiger partial charge in [-0.1, -0.05) is 11.6 Å². The molecule has 0 N–H and O–H groups in total. The third-order valence-corrected chi connectivity index (χ3v) is 1.53. The third kappa shape index (κ3) is 2.09. The average molecular weight is 172 g/mol. The number of aryl methyl sites for hydroxylation is 1. The van der Waals surface area contributed by atoms with E-state index in [1.54, 1.807) is 6.20 Å². The molecule has 0 aliphatic rings. The smallest absolute Gasteiger partial charge is 0.171 e. The summed E-state index contributed by atoms with van der Waals surface area (Å²) in [6.07, 6.45) is 1.71. The highest BCUT2D eigenvalue weighted by atomic mass is 35.5. The number of aromatic nitrogens is 1. The maximum absolute atomic E-state index is 5.74. The molecule has 0 saturated carbocycles. The molecule has 1 heterocycles. The second kappa shape index (κ2) is 3.58. The third-order valence-electron chi connectivity index (χ3n) is 1.24. The van der Waals surface area contributed by atoms with Crippen molar-refractivity contribution < 1.29 is 4.74 Å². The standard InChI is InChI=1S/C8H10ClNO/c1-3-11-7-4-6(2)5-10-8(7)9/h4-5H,3H2,1-2H3. The molecule has 0 saturated heterocycles. The van der Waals surface area contributed by atoms with Crippen LogP contribution in [-0.4, -0.2) is 11.6 Å². The highest BCUT2D eigenvalue weighted by Gasteiger charge is 2.00. The quantitative estimate of drug-likeness (QED) is 0.638. The van der Waals surface area contributed by atoms with Crippen LogP contribution in [0.2, 0.25) is 5.15 Å². The number of nitrogens with zero attached hydrogens (tertiary/aromatic N) is 1. The Hall–Kier alpha value is -0.760. The fourth-order valence-corrected chi connectivity index (χ4v) is 0.940. The van der Waals surface area contributed by atoms with E-state index < -0.39 is 0 Å². The van der Waals surface area contributed by atoms with Gasteiger partial charge in [-0.05, 0) is 25.5 Å². The van der Waals surface area contributed by atoms with Crippen LogP contribution >= 0.6 is 11.6 Å². The number of rotatable bonds is 2. The minimum Gasteiger partial charge on any atom is -0.491 e. The first-order chi connectivity index (χ1) is 5.24. The molecule has 0 amide bonds. The Morgan fingerprint density at radius 2 is 2.36 bits per heavy atom. The molecule has 0 bridgehead atoms. The fourth-order valence-electron chi connectivity index (χ4n) is 0.782. The van der Waals surface area contributed by atoms with Gasteiger partial charge in [0.15, 0.2) is 10.9 Å². The summed E-state index contributed by atoms with van der Waals surface area (Å²) in [6, 6.07) is 1.87. The number of pyridine rings is 1. The SMILES string of the molecule is CCOc1cc(C)cnc1Cl. The predicted molar refractivity (Wildman–Crippen MR) is 45.2 cm³/mol. The van der Waals surface area contributed by atoms with Crippen LogP contribution in [0.5, 0.6) is 5.75 Å². The van der Waals surface area contributed by atoms with Crippen molar-refractivity contribution in [3.8, 4) is 5.75 Å². The van der Waals surface area contributed by atoms with Crippen LogP contribution in [-0.2, 0) is 0 Å². The molecule has 0 atom stereocenters. The van der Waals surface area contributed by atoms with Gasteiger partial charge in [0.2, 0.25) is 0 Å². The second-order valence-corrected chi connectivity index (χ2v) is 2.59. The van der Waals surface area contributed by atoms with Crippen LogP contribution in [0, 0.1) is 6.92 Å². The number of hydrogen-bond acceptors (Lipinski definition) is 2. The van der Waals surface area contributed by atoms with E-state index in [-0.39, 0.29) is 0 Å². The zero-order valence-electron chi connectivity index (χ0n) is 6.60. The lowest BCUT2D eigenvalue weighted by Crippen LogP contribution is -1.93. The molecule has 0 aromatic carbocycles. The number of halogens is 1. The van der Waals surface area contributed by atoms with Crippen molar-refractivity contribution in [2.45, 2.75) is 13.8 Å². The molecule has 1 aromatic rings. The van der Waals surface area contributed by atoms with Crippen LogP contribution in [0.1, 0.15) is 12.5 Å². The van der Waals surface area contributed by atoms with E-state index in [1.165, 1.54) is 0 Å². The van der Waals surface area contributed by atoms with Crippen molar-refractivity contribution in [2.75, 3.05) is 6.61 Å². The van der Waals surface area contributed by atoms with Gasteiger partial charge in [-0.25, -0.2) is 4.98 Å². The average Bonchev–Trinajstić information content (AvgIpc) is 1.98. The van der Waals surface area contributed by atoms with E-state index in [2.05, 4.69) is 4.98 Å². The lowest BCUT2D eigenvalue weighted by molar-refractivity contribution is 0.339. The van der Waals surface area contributed by atoms with E-state index in [9.17, 15) is 0 Å². The zero-order valence-corrected chi connectivity index (χ0v) is 7.35. The van der Waals surface area contributed by atoms with Gasteiger partial charge in [-0.2, -0.15) is 0 Å². The van der Waals surface area contributed by atoms with Crippen molar-refractivity contribution in [3.63, 3.8) is 0 Å². The second-order valence-electron chi connectivity index (χ2n) is 2.23. The minimum atomic E-state index is 0.428. The molecule has 0 radical (unpaired) electrons. The Kier molecular flexibility index (Phi) is 2.71. The normalized spacial score (nSPS) is 9.73. The van der Waals surface area contributed by atoms with E-state index in [4.69, 9.17) is 16.3 Å². The van der Waals surface area contributed by atoms with Gasteiger partial charge < -0.3 is 4.74 Å². The van der Waals surface area contributed by atoms with Crippen molar-refractivity contribution in [3.05, 3.63) is 23.0 Å². The van der Waals surface area contributed by atoms with Gasteiger partial charge in [0.1, 0.15) is 0 Å². The minimum absolute atomic E-state index is 0.428. The molecular formula is C8H10ClNO. The molecule has 0 fully saturated rings. The van der Waals surface area contributed by atoms with Crippen molar-refractivity contribution >= 4 is 11.6 Å². The summed E-state index contributed by atoms with van der Waals surface area (Å²) < 4.78 is 5.22. The zero-order chi connectivity index (χ0) is 8.27. The Morgan fingerprint density at radius 3 is 3.00 bits per heavy atom. The van der Waals surface area contributed by atoms with Gasteiger partial charge >= 0.3 is 0 Å². The molecule has 3 heteroatoms. The summed E-state index contributed by atoms with van der Waals surface area (Å²) in [7, 11) is 0. The molecule has 60 valence electrons. The van der Waals surface area contributed by atoms with Crippen LogP contribution in [0.4, 0.5) is 0 Å². The Balaban J connectivity index is 2.93. The highest BCUT2D eigenvalue weighted by Crippen LogP contribution is 2.21. The van der Waals surface area contributed by atoms with Gasteiger partial charge in [-0.15, -0.1) is 0 Å². The van der Waals surface area contributed by atoms with E-state index in [1.807, 2.05) is 19.9 Å². The molecular weight excluding hydrogens is 162 g/mol. The van der Waals surface area contributed by atoms with Gasteiger partial charge in [0.25, 0.3) is 0 Å². The van der Waals surface area contributed by atoms with Crippen LogP contribution in [0.25, 0.3) is 0 Å². The van der Waals surface area contributed by atoms with Crippen molar-refractivity contribution in [1.29, 1.82) is 0 Å². The first-order valence-electron chi connectivity index (χ1n) is 3.49. The molecule has 0 aliphatic heterocycles. The Morgan fingerprint density at radius 1 is 1.64 bits per heavy atom. The lowest BCUT2D eigenvalue weighted by Gasteiger charge is -2.04. The van der Waals surface area contributed by atoms with Crippen LogP contribution in [0.3, 0.4) is 0 Å². The van der Waals surface area contributed by atoms with E-state index in [0.717, 1.165) is 5.56 Å². The predicted octanol–water partition coefficient (Wildman–Crippen LogP) is 2.44. The summed E-state index contributed by atoms with van der Waals surface area (Å²) >= 11 is 5.74. The van der Waals surface area contributed by atoms with Crippen LogP contribution < -0.4 is 4.74 Å². The van der Waals surface area contributed by atoms with Crippen LogP contribution in [0.15, 0.2) is 12.3 Å². The summed E-state index contributed by atoms with van der Waals surface area (Å²) in [5.74, 6) is 0.661. The molecule has 1 aromatic heterocycles. The summed E-state index contributed by atoms with van der Waals surface area (Å²) in [4.78, 5) is 3.94. The van der Waals surface area contributed by atoms with E-state index in [0.29, 0.717) is 17.5 Å². The van der Waals surface area contributed by atoms with Gasteiger partial charge in [0, 0.05) is 6.20 Å². The molecule has 11 heavy (non-hydrogen) atoms. The molecule has 0 unspecified atom stereocenters. The Labute approximate surface area is 71.2 Å². The van der Waals surface area contributed by atoms with Gasteiger partial charge in [0.05, 0.1) is 6.61 Å². The van der Waals surface area contributed by atoms with Gasteiger partial charge in [-0.3, -0.25) is 0 Å². The molecule has 1 rings (SSSR count). The largest absolute Gasteiger partial charge is 0.491 e. The lowest BCUT2D eigenvalue weighted by atomic mass is 10.3. The maximum Gasteiger partial charge on any atom is 0.171 e. The monoisotopic (exact) mass is 171 g/mol. The maximum atomic E-state index is 5.74. The van der Waals surface area contributed by atoms with Crippen molar-refractivity contribution in [1.82, 2.24) is 4.98 Å². The van der Waals surface area contributed by atoms with Crippen molar-refractivity contribution in [2.24, 2.45) is 0 Å². The first-order valence-corrected chi connectivity index (χ1v) is 3.86. The number of hydrogen-bond donors (Lipinski definition) is 0. The van der Waals surface area contributed by atoms with E-state index >= 15 is 0 Å². The number of ether oxygens (including phenoxy) is 1. The Bertz CT molecular complexity index is 250. The summed E-state index contributed by atoms with van der Waals surface area (Å²) in [5.41, 5.74) is 1.05. The highest BCUT2D eigenvalue weighted by molar-refractivity contribution is 6.30. The summed E-state index contributed by atoms with van der Waals surface area (Å²) in [6.45, 7) is 4.48. The fraction of sp³-hybridized carbons (Fsp3) is 0.375.